The maximum absolute atomic E-state index is 13.4. The summed E-state index contributed by atoms with van der Waals surface area (Å²) >= 11 is 0. The number of benzene rings is 2. The molecule has 31 heavy (non-hydrogen) atoms. The SMILES string of the molecule is Cc1ccc(NC(=O)N2CCCCCC2c2ccncc2)c(OCc2ccccc2)c1. The molecule has 4 rings (SSSR count). The first-order valence-electron chi connectivity index (χ1n) is 11.0. The van der Waals surface area contributed by atoms with E-state index < -0.39 is 0 Å². The Morgan fingerprint density at radius 2 is 1.87 bits per heavy atom. The number of carbonyl (C=O) groups excluding carboxylic acids is 1. The second kappa shape index (κ2) is 10.1. The molecule has 2 amide bonds. The Labute approximate surface area is 184 Å². The lowest BCUT2D eigenvalue weighted by Crippen LogP contribution is -2.38. The Hall–Kier alpha value is -3.34. The van der Waals surface area contributed by atoms with Crippen molar-refractivity contribution in [3.05, 3.63) is 89.7 Å². The van der Waals surface area contributed by atoms with Crippen molar-refractivity contribution >= 4 is 11.7 Å². The Morgan fingerprint density at radius 3 is 2.68 bits per heavy atom. The number of likely N-dealkylation sites (tertiary alicyclic amines) is 1. The Balaban J connectivity index is 1.52. The summed E-state index contributed by atoms with van der Waals surface area (Å²) in [4.78, 5) is 19.5. The Kier molecular flexibility index (Phi) is 6.82. The smallest absolute Gasteiger partial charge is 0.322 e. The molecule has 1 unspecified atom stereocenters. The summed E-state index contributed by atoms with van der Waals surface area (Å²) in [5.41, 5.74) is 4.01. The van der Waals surface area contributed by atoms with Crippen molar-refractivity contribution in [3.63, 3.8) is 0 Å². The highest BCUT2D eigenvalue weighted by molar-refractivity contribution is 5.91. The monoisotopic (exact) mass is 415 g/mol. The van der Waals surface area contributed by atoms with Crippen LogP contribution in [0.15, 0.2) is 73.1 Å². The van der Waals surface area contributed by atoms with Crippen LogP contribution in [-0.4, -0.2) is 22.5 Å². The molecule has 160 valence electrons. The van der Waals surface area contributed by atoms with Crippen LogP contribution >= 0.6 is 0 Å². The van der Waals surface area contributed by atoms with Crippen molar-refractivity contribution in [2.45, 2.75) is 45.3 Å². The van der Waals surface area contributed by atoms with Crippen LogP contribution in [0.4, 0.5) is 10.5 Å². The van der Waals surface area contributed by atoms with Gasteiger partial charge in [0.25, 0.3) is 0 Å². The molecule has 0 aliphatic carbocycles. The van der Waals surface area contributed by atoms with Gasteiger partial charge in [-0.2, -0.15) is 0 Å². The van der Waals surface area contributed by atoms with E-state index in [-0.39, 0.29) is 12.1 Å². The molecule has 2 heterocycles. The lowest BCUT2D eigenvalue weighted by molar-refractivity contribution is 0.189. The van der Waals surface area contributed by atoms with Crippen LogP contribution in [0.3, 0.4) is 0 Å². The number of carbonyl (C=O) groups is 1. The number of hydrogen-bond donors (Lipinski definition) is 1. The van der Waals surface area contributed by atoms with E-state index in [1.54, 1.807) is 12.4 Å². The quantitative estimate of drug-likeness (QED) is 0.546. The average Bonchev–Trinajstić information content (AvgIpc) is 3.07. The lowest BCUT2D eigenvalue weighted by atomic mass is 10.0. The fourth-order valence-electron chi connectivity index (χ4n) is 4.06. The van der Waals surface area contributed by atoms with Crippen molar-refractivity contribution in [1.82, 2.24) is 9.88 Å². The highest BCUT2D eigenvalue weighted by atomic mass is 16.5. The summed E-state index contributed by atoms with van der Waals surface area (Å²) in [5.74, 6) is 0.687. The number of nitrogens with one attached hydrogen (secondary N) is 1. The molecule has 0 spiro atoms. The molecule has 0 radical (unpaired) electrons. The number of rotatable bonds is 5. The maximum Gasteiger partial charge on any atom is 0.322 e. The summed E-state index contributed by atoms with van der Waals surface area (Å²) < 4.78 is 6.09. The summed E-state index contributed by atoms with van der Waals surface area (Å²) in [7, 11) is 0. The molecule has 0 bridgehead atoms. The van der Waals surface area contributed by atoms with Crippen molar-refractivity contribution in [2.24, 2.45) is 0 Å². The molecule has 1 aliphatic heterocycles. The van der Waals surface area contributed by atoms with E-state index >= 15 is 0 Å². The largest absolute Gasteiger partial charge is 0.487 e. The molecule has 0 saturated carbocycles. The van der Waals surface area contributed by atoms with Gasteiger partial charge in [0.05, 0.1) is 11.7 Å². The minimum atomic E-state index is -0.0860. The molecule has 1 aromatic heterocycles. The number of hydrogen-bond acceptors (Lipinski definition) is 3. The first-order chi connectivity index (χ1) is 15.2. The lowest BCUT2D eigenvalue weighted by Gasteiger charge is -2.30. The molecular weight excluding hydrogens is 386 g/mol. The van der Waals surface area contributed by atoms with Crippen LogP contribution < -0.4 is 10.1 Å². The van der Waals surface area contributed by atoms with E-state index in [0.717, 1.165) is 48.9 Å². The molecule has 5 heteroatoms. The summed E-state index contributed by atoms with van der Waals surface area (Å²) in [6.45, 7) is 3.22. The van der Waals surface area contributed by atoms with Crippen LogP contribution in [0.5, 0.6) is 5.75 Å². The molecule has 1 N–H and O–H groups in total. The molecule has 1 atom stereocenters. The van der Waals surface area contributed by atoms with Gasteiger partial charge in [0.15, 0.2) is 0 Å². The topological polar surface area (TPSA) is 54.5 Å². The van der Waals surface area contributed by atoms with E-state index in [2.05, 4.69) is 10.3 Å². The predicted molar refractivity (Wildman–Crippen MR) is 123 cm³/mol. The van der Waals surface area contributed by atoms with Crippen LogP contribution in [0.1, 0.15) is 48.4 Å². The number of pyridine rings is 1. The highest BCUT2D eigenvalue weighted by Gasteiger charge is 2.27. The second-order valence-corrected chi connectivity index (χ2v) is 8.04. The number of anilines is 1. The number of aryl methyl sites for hydroxylation is 1. The Morgan fingerprint density at radius 1 is 1.06 bits per heavy atom. The van der Waals surface area contributed by atoms with Gasteiger partial charge in [-0.3, -0.25) is 4.98 Å². The third-order valence-electron chi connectivity index (χ3n) is 5.72. The van der Waals surface area contributed by atoms with E-state index in [0.29, 0.717) is 18.0 Å². The average molecular weight is 416 g/mol. The normalized spacial score (nSPS) is 16.4. The van der Waals surface area contributed by atoms with Gasteiger partial charge in [0, 0.05) is 18.9 Å². The number of amides is 2. The molecule has 1 aliphatic rings. The molecular formula is C26H29N3O2. The number of ether oxygens (including phenoxy) is 1. The third-order valence-corrected chi connectivity index (χ3v) is 5.72. The third kappa shape index (κ3) is 5.43. The maximum atomic E-state index is 13.4. The zero-order chi connectivity index (χ0) is 21.5. The number of aromatic nitrogens is 1. The van der Waals surface area contributed by atoms with Gasteiger partial charge >= 0.3 is 6.03 Å². The Bertz CT molecular complexity index is 992. The fraction of sp³-hybridized carbons (Fsp3) is 0.308. The molecule has 2 aromatic carbocycles. The van der Waals surface area contributed by atoms with Gasteiger partial charge in [0.1, 0.15) is 12.4 Å². The van der Waals surface area contributed by atoms with E-state index in [4.69, 9.17) is 4.74 Å². The van der Waals surface area contributed by atoms with E-state index in [9.17, 15) is 4.79 Å². The van der Waals surface area contributed by atoms with Crippen LogP contribution in [-0.2, 0) is 6.61 Å². The van der Waals surface area contributed by atoms with Gasteiger partial charge in [-0.05, 0) is 60.7 Å². The van der Waals surface area contributed by atoms with Crippen molar-refractivity contribution in [2.75, 3.05) is 11.9 Å². The summed E-state index contributed by atoms with van der Waals surface area (Å²) in [6.07, 6.45) is 7.83. The van der Waals surface area contributed by atoms with E-state index in [1.165, 1.54) is 0 Å². The molecule has 1 saturated heterocycles. The van der Waals surface area contributed by atoms with Gasteiger partial charge < -0.3 is 15.0 Å². The zero-order valence-corrected chi connectivity index (χ0v) is 18.0. The zero-order valence-electron chi connectivity index (χ0n) is 18.0. The minimum absolute atomic E-state index is 0.0598. The first kappa shape index (κ1) is 20.9. The molecule has 3 aromatic rings. The molecule has 1 fully saturated rings. The predicted octanol–water partition coefficient (Wildman–Crippen LogP) is 6.12. The summed E-state index contributed by atoms with van der Waals surface area (Å²) in [6, 6.07) is 19.9. The van der Waals surface area contributed by atoms with Gasteiger partial charge in [-0.25, -0.2) is 4.79 Å². The van der Waals surface area contributed by atoms with E-state index in [1.807, 2.05) is 72.5 Å². The van der Waals surface area contributed by atoms with Crippen LogP contribution in [0.25, 0.3) is 0 Å². The minimum Gasteiger partial charge on any atom is -0.487 e. The second-order valence-electron chi connectivity index (χ2n) is 8.04. The van der Waals surface area contributed by atoms with Crippen molar-refractivity contribution < 1.29 is 9.53 Å². The van der Waals surface area contributed by atoms with Crippen LogP contribution in [0, 0.1) is 6.92 Å². The van der Waals surface area contributed by atoms with Crippen LogP contribution in [0.2, 0.25) is 0 Å². The standard InChI is InChI=1S/C26H29N3O2/c1-20-11-12-23(25(18-20)31-19-21-8-4-2-5-9-21)28-26(30)29-17-7-3-6-10-24(29)22-13-15-27-16-14-22/h2,4-5,8-9,11-16,18,24H,3,6-7,10,17,19H2,1H3,(H,28,30). The summed E-state index contributed by atoms with van der Waals surface area (Å²) in [5, 5.41) is 3.12. The first-order valence-corrected chi connectivity index (χ1v) is 11.0. The van der Waals surface area contributed by atoms with Crippen molar-refractivity contribution in [3.8, 4) is 5.75 Å². The number of nitrogens with zero attached hydrogens (tertiary/aromatic N) is 2. The molecule has 5 nitrogen and oxygen atoms in total. The highest BCUT2D eigenvalue weighted by Crippen LogP contribution is 2.32. The van der Waals surface area contributed by atoms with Gasteiger partial charge in [-0.15, -0.1) is 0 Å². The van der Waals surface area contributed by atoms with Gasteiger partial charge in [-0.1, -0.05) is 49.2 Å². The number of urea groups is 1. The fourth-order valence-corrected chi connectivity index (χ4v) is 4.06. The van der Waals surface area contributed by atoms with Crippen molar-refractivity contribution in [1.29, 1.82) is 0 Å². The van der Waals surface area contributed by atoms with Gasteiger partial charge in [0.2, 0.25) is 0 Å².